The molecule has 308 valence electrons. The van der Waals surface area contributed by atoms with E-state index in [4.69, 9.17) is 47.4 Å². The molecular weight excluding hydrogens is 720 g/mol. The van der Waals surface area contributed by atoms with E-state index < -0.39 is 146 Å². The number of hydrogen-bond donors (Lipinski definition) is 1. The molecule has 18 nitrogen and oxygen atoms in total. The maximum Gasteiger partial charge on any atom is 0.308 e. The van der Waals surface area contributed by atoms with Crippen LogP contribution < -0.4 is 0 Å². The van der Waals surface area contributed by atoms with Crippen molar-refractivity contribution in [3.05, 3.63) is 0 Å². The summed E-state index contributed by atoms with van der Waals surface area (Å²) < 4.78 is 57.5. The van der Waals surface area contributed by atoms with Crippen molar-refractivity contribution in [2.24, 2.45) is 29.6 Å². The van der Waals surface area contributed by atoms with Crippen molar-refractivity contribution < 1.29 is 86.0 Å². The minimum atomic E-state index is -2.49. The molecule has 2 aliphatic rings. The maximum atomic E-state index is 13.2. The first-order valence-corrected chi connectivity index (χ1v) is 18.0. The third kappa shape index (κ3) is 12.6. The zero-order valence-electron chi connectivity index (χ0n) is 33.0. The van der Waals surface area contributed by atoms with Crippen molar-refractivity contribution in [2.45, 2.75) is 138 Å². The lowest BCUT2D eigenvalue weighted by Crippen LogP contribution is -2.65. The summed E-state index contributed by atoms with van der Waals surface area (Å²) in [5, 5.41) is 11.8. The van der Waals surface area contributed by atoms with Crippen LogP contribution in [-0.4, -0.2) is 122 Å². The van der Waals surface area contributed by atoms with Gasteiger partial charge in [0, 0.05) is 13.8 Å². The second-order valence-corrected chi connectivity index (χ2v) is 14.7. The van der Waals surface area contributed by atoms with Gasteiger partial charge in [-0.15, -0.1) is 0 Å². The summed E-state index contributed by atoms with van der Waals surface area (Å²) in [6.07, 6.45) is -13.5. The van der Waals surface area contributed by atoms with Crippen molar-refractivity contribution in [1.82, 2.24) is 0 Å². The molecule has 0 amide bonds. The van der Waals surface area contributed by atoms with Gasteiger partial charge in [0.2, 0.25) is 5.79 Å². The highest BCUT2D eigenvalue weighted by Crippen LogP contribution is 2.41. The largest absolute Gasteiger partial charge is 0.463 e. The normalized spacial score (nSPS) is 28.2. The number of aliphatic hydroxyl groups excluding tert-OH is 1. The molecule has 2 saturated heterocycles. The van der Waals surface area contributed by atoms with Crippen LogP contribution >= 0.6 is 0 Å². The minimum Gasteiger partial charge on any atom is -0.463 e. The van der Waals surface area contributed by atoms with E-state index >= 15 is 0 Å². The lowest BCUT2D eigenvalue weighted by Gasteiger charge is -2.46. The van der Waals surface area contributed by atoms with Crippen LogP contribution in [0.25, 0.3) is 0 Å². The molecule has 0 saturated carbocycles. The van der Waals surface area contributed by atoms with Gasteiger partial charge >= 0.3 is 41.8 Å². The molecule has 54 heavy (non-hydrogen) atoms. The predicted molar refractivity (Wildman–Crippen MR) is 181 cm³/mol. The average molecular weight is 777 g/mol. The molecule has 2 rings (SSSR count). The van der Waals surface area contributed by atoms with E-state index in [1.807, 2.05) is 0 Å². The molecule has 0 aromatic heterocycles. The molecule has 2 fully saturated rings. The van der Waals surface area contributed by atoms with Crippen molar-refractivity contribution in [3.63, 3.8) is 0 Å². The Morgan fingerprint density at radius 2 is 0.981 bits per heavy atom. The molecule has 0 bridgehead atoms. The van der Waals surface area contributed by atoms with Crippen molar-refractivity contribution in [3.8, 4) is 0 Å². The molecule has 2 heterocycles. The quantitative estimate of drug-likeness (QED) is 0.164. The Morgan fingerprint density at radius 1 is 0.556 bits per heavy atom. The Kier molecular flexibility index (Phi) is 17.3. The van der Waals surface area contributed by atoms with Gasteiger partial charge in [-0.25, -0.2) is 0 Å². The fourth-order valence-corrected chi connectivity index (χ4v) is 4.91. The topological polar surface area (TPSA) is 232 Å². The highest BCUT2D eigenvalue weighted by molar-refractivity contribution is 5.74. The van der Waals surface area contributed by atoms with Gasteiger partial charge in [0.15, 0.2) is 30.7 Å². The van der Waals surface area contributed by atoms with E-state index in [-0.39, 0.29) is 0 Å². The van der Waals surface area contributed by atoms with E-state index in [1.54, 1.807) is 27.7 Å². The first kappa shape index (κ1) is 46.3. The van der Waals surface area contributed by atoms with Crippen LogP contribution in [0.1, 0.15) is 83.1 Å². The molecule has 0 aromatic rings. The van der Waals surface area contributed by atoms with Crippen LogP contribution in [0, 0.1) is 29.6 Å². The van der Waals surface area contributed by atoms with Crippen LogP contribution in [0.4, 0.5) is 0 Å². The van der Waals surface area contributed by atoms with Crippen LogP contribution in [0.2, 0.25) is 0 Å². The van der Waals surface area contributed by atoms with Gasteiger partial charge in [0.1, 0.15) is 38.1 Å². The summed E-state index contributed by atoms with van der Waals surface area (Å²) in [6, 6.07) is 0. The van der Waals surface area contributed by atoms with Gasteiger partial charge in [0.25, 0.3) is 0 Å². The molecule has 9 atom stereocenters. The summed E-state index contributed by atoms with van der Waals surface area (Å²) in [4.78, 5) is 88.9. The molecule has 0 aromatic carbocycles. The number of hydrogen-bond acceptors (Lipinski definition) is 18. The first-order chi connectivity index (χ1) is 25.0. The predicted octanol–water partition coefficient (Wildman–Crippen LogP) is 1.78. The third-order valence-corrected chi connectivity index (χ3v) is 8.05. The molecule has 1 N–H and O–H groups in total. The number of ether oxygens (including phenoxy) is 10. The van der Waals surface area contributed by atoms with E-state index in [9.17, 15) is 38.7 Å². The van der Waals surface area contributed by atoms with Gasteiger partial charge in [0.05, 0.1) is 29.6 Å². The van der Waals surface area contributed by atoms with Crippen LogP contribution in [-0.2, 0) is 80.9 Å². The summed E-state index contributed by atoms with van der Waals surface area (Å²) in [5.41, 5.74) is 0. The number of aliphatic hydroxyl groups is 1. The van der Waals surface area contributed by atoms with E-state index in [1.165, 1.54) is 41.5 Å². The van der Waals surface area contributed by atoms with Gasteiger partial charge in [-0.05, 0) is 0 Å². The van der Waals surface area contributed by atoms with Crippen molar-refractivity contribution in [2.75, 3.05) is 19.8 Å². The standard InChI is InChI=1S/C36H56O18/c1-16(2)30(40)46-14-24-27(50-32(42)18(5)6)29(52-34(44)20(9)10)36(53-24,15-47-22(12)38)54-35-25(39)28(51-33(43)19(7)8)26(49-31(41)17(3)4)23(48-35)13-45-21(11)37/h16-20,23-29,35,39H,13-15H2,1-12H3/t23-,24-,25-,26-,27-,28-,29+,35-,36+/m1/s1. The van der Waals surface area contributed by atoms with Gasteiger partial charge < -0.3 is 52.5 Å². The van der Waals surface area contributed by atoms with E-state index in [0.29, 0.717) is 0 Å². The number of esters is 7. The Labute approximate surface area is 315 Å². The highest BCUT2D eigenvalue weighted by atomic mass is 16.8. The van der Waals surface area contributed by atoms with Crippen LogP contribution in [0.5, 0.6) is 0 Å². The van der Waals surface area contributed by atoms with Crippen LogP contribution in [0.3, 0.4) is 0 Å². The number of rotatable bonds is 17. The Morgan fingerprint density at radius 3 is 1.44 bits per heavy atom. The second kappa shape index (κ2) is 20.2. The van der Waals surface area contributed by atoms with Crippen molar-refractivity contribution >= 4 is 41.8 Å². The molecule has 2 aliphatic heterocycles. The van der Waals surface area contributed by atoms with Gasteiger partial charge in [-0.3, -0.25) is 33.6 Å². The second-order valence-electron chi connectivity index (χ2n) is 14.7. The molecule has 0 unspecified atom stereocenters. The smallest absolute Gasteiger partial charge is 0.308 e. The zero-order chi connectivity index (χ0) is 41.2. The van der Waals surface area contributed by atoms with E-state index in [0.717, 1.165) is 13.8 Å². The fourth-order valence-electron chi connectivity index (χ4n) is 4.91. The Balaban J connectivity index is 2.82. The fraction of sp³-hybridized carbons (Fsp3) is 0.806. The molecule has 0 spiro atoms. The highest BCUT2D eigenvalue weighted by Gasteiger charge is 2.65. The SMILES string of the molecule is CC(=O)OC[C@H]1O[C@H](O[C@]2(COC(C)=O)O[C@H](COC(=O)C(C)C)[C@@H](OC(=O)C(C)C)[C@@H]2OC(=O)C(C)C)[C@H](O)[C@@H](OC(=O)C(C)C)[C@@H]1OC(=O)C(C)C. The lowest BCUT2D eigenvalue weighted by atomic mass is 9.97. The zero-order valence-corrected chi connectivity index (χ0v) is 33.0. The monoisotopic (exact) mass is 776 g/mol. The van der Waals surface area contributed by atoms with Crippen LogP contribution in [0.15, 0.2) is 0 Å². The lowest BCUT2D eigenvalue weighted by molar-refractivity contribution is -0.384. The number of carbonyl (C=O) groups is 7. The molecule has 18 heteroatoms. The maximum absolute atomic E-state index is 13.2. The number of carbonyl (C=O) groups excluding carboxylic acids is 7. The summed E-state index contributed by atoms with van der Waals surface area (Å²) >= 11 is 0. The average Bonchev–Trinajstić information content (AvgIpc) is 3.34. The minimum absolute atomic E-state index is 0.570. The Bertz CT molecular complexity index is 1340. The molecule has 0 aliphatic carbocycles. The summed E-state index contributed by atoms with van der Waals surface area (Å²) in [7, 11) is 0. The third-order valence-electron chi connectivity index (χ3n) is 8.05. The summed E-state index contributed by atoms with van der Waals surface area (Å²) in [5.74, 6) is -11.4. The molecule has 0 radical (unpaired) electrons. The summed E-state index contributed by atoms with van der Waals surface area (Å²) in [6.45, 7) is 15.5. The molecular formula is C36H56O18. The first-order valence-electron chi connectivity index (χ1n) is 18.0. The van der Waals surface area contributed by atoms with E-state index in [2.05, 4.69) is 0 Å². The van der Waals surface area contributed by atoms with Gasteiger partial charge in [-0.1, -0.05) is 69.2 Å². The Hall–Kier alpha value is -3.87. The van der Waals surface area contributed by atoms with Gasteiger partial charge in [-0.2, -0.15) is 0 Å². The van der Waals surface area contributed by atoms with Crippen molar-refractivity contribution in [1.29, 1.82) is 0 Å².